The van der Waals surface area contributed by atoms with Gasteiger partial charge >= 0.3 is 0 Å². The molecule has 0 saturated carbocycles. The Morgan fingerprint density at radius 3 is 3.05 bits per heavy atom. The number of aryl methyl sites for hydroxylation is 1. The molecule has 0 radical (unpaired) electrons. The number of rotatable bonds is 7. The maximum Gasteiger partial charge on any atom is 0.221 e. The summed E-state index contributed by atoms with van der Waals surface area (Å²) in [6.07, 6.45) is 4.21. The first-order valence-electron chi connectivity index (χ1n) is 6.70. The molecule has 1 fully saturated rings. The van der Waals surface area contributed by atoms with Gasteiger partial charge in [0.25, 0.3) is 0 Å². The quantitative estimate of drug-likeness (QED) is 0.619. The monoisotopic (exact) mass is 301 g/mol. The summed E-state index contributed by atoms with van der Waals surface area (Å²) in [6.45, 7) is 2.89. The van der Waals surface area contributed by atoms with Crippen LogP contribution in [0.15, 0.2) is 5.38 Å². The molecule has 4 nitrogen and oxygen atoms in total. The number of carbonyl (C=O) groups excluding carboxylic acids is 1. The number of hydrogen-bond donors (Lipinski definition) is 1. The second kappa shape index (κ2) is 7.22. The third-order valence-corrected chi connectivity index (χ3v) is 4.76. The van der Waals surface area contributed by atoms with Crippen molar-refractivity contribution in [3.8, 4) is 0 Å². The number of hydrogen-bond acceptors (Lipinski definition) is 4. The number of nitrogens with zero attached hydrogens (tertiary/aromatic N) is 2. The van der Waals surface area contributed by atoms with Crippen LogP contribution in [0.1, 0.15) is 30.0 Å². The smallest absolute Gasteiger partial charge is 0.221 e. The molecule has 0 aliphatic carbocycles. The molecule has 2 N–H and O–H groups in total. The third-order valence-electron chi connectivity index (χ3n) is 3.53. The van der Waals surface area contributed by atoms with E-state index in [0.717, 1.165) is 51.0 Å². The van der Waals surface area contributed by atoms with Crippen LogP contribution >= 0.6 is 22.9 Å². The van der Waals surface area contributed by atoms with Gasteiger partial charge in [-0.15, -0.1) is 22.9 Å². The van der Waals surface area contributed by atoms with Crippen molar-refractivity contribution in [3.05, 3.63) is 16.1 Å². The van der Waals surface area contributed by atoms with E-state index in [0.29, 0.717) is 5.88 Å². The predicted octanol–water partition coefficient (Wildman–Crippen LogP) is 2.01. The van der Waals surface area contributed by atoms with Crippen LogP contribution in [0.3, 0.4) is 0 Å². The molecule has 0 aromatic carbocycles. The Morgan fingerprint density at radius 2 is 2.42 bits per heavy atom. The van der Waals surface area contributed by atoms with Gasteiger partial charge in [-0.25, -0.2) is 4.98 Å². The largest absolute Gasteiger partial charge is 0.369 e. The van der Waals surface area contributed by atoms with E-state index < -0.39 is 0 Å². The second-order valence-corrected chi connectivity index (χ2v) is 6.22. The minimum absolute atomic E-state index is 0.0604. The summed E-state index contributed by atoms with van der Waals surface area (Å²) < 4.78 is 0. The van der Waals surface area contributed by atoms with Crippen molar-refractivity contribution in [3.63, 3.8) is 0 Å². The van der Waals surface area contributed by atoms with E-state index in [1.54, 1.807) is 11.3 Å². The van der Waals surface area contributed by atoms with E-state index in [4.69, 9.17) is 17.3 Å². The molecule has 6 heteroatoms. The summed E-state index contributed by atoms with van der Waals surface area (Å²) in [4.78, 5) is 17.9. The average molecular weight is 302 g/mol. The molecule has 1 aromatic rings. The highest BCUT2D eigenvalue weighted by Crippen LogP contribution is 2.17. The Kier molecular flexibility index (Phi) is 5.60. The fourth-order valence-electron chi connectivity index (χ4n) is 2.40. The van der Waals surface area contributed by atoms with Crippen molar-refractivity contribution in [2.24, 2.45) is 11.7 Å². The first-order chi connectivity index (χ1) is 9.19. The van der Waals surface area contributed by atoms with Crippen LogP contribution < -0.4 is 5.73 Å². The van der Waals surface area contributed by atoms with Gasteiger partial charge in [0.1, 0.15) is 0 Å². The van der Waals surface area contributed by atoms with Crippen LogP contribution in [0, 0.1) is 5.92 Å². The van der Waals surface area contributed by atoms with Gasteiger partial charge in [-0.05, 0) is 38.8 Å². The van der Waals surface area contributed by atoms with Crippen molar-refractivity contribution in [1.29, 1.82) is 0 Å². The SMILES string of the molecule is NC(=O)C1CCN(CCCCc2nc(CCl)cs2)C1. The van der Waals surface area contributed by atoms with Crippen LogP contribution in [0.2, 0.25) is 0 Å². The van der Waals surface area contributed by atoms with Gasteiger partial charge in [-0.1, -0.05) is 0 Å². The van der Waals surface area contributed by atoms with E-state index in [1.807, 2.05) is 5.38 Å². The minimum Gasteiger partial charge on any atom is -0.369 e. The molecule has 106 valence electrons. The van der Waals surface area contributed by atoms with E-state index in [2.05, 4.69) is 9.88 Å². The highest BCUT2D eigenvalue weighted by atomic mass is 35.5. The van der Waals surface area contributed by atoms with Gasteiger partial charge in [-0.3, -0.25) is 4.79 Å². The summed E-state index contributed by atoms with van der Waals surface area (Å²) in [7, 11) is 0. The van der Waals surface area contributed by atoms with Crippen molar-refractivity contribution in [2.75, 3.05) is 19.6 Å². The zero-order valence-corrected chi connectivity index (χ0v) is 12.6. The Labute approximate surface area is 122 Å². The topological polar surface area (TPSA) is 59.2 Å². The number of halogens is 1. The summed E-state index contributed by atoms with van der Waals surface area (Å²) >= 11 is 7.42. The van der Waals surface area contributed by atoms with E-state index in [1.165, 1.54) is 5.01 Å². The lowest BCUT2D eigenvalue weighted by Gasteiger charge is -2.14. The first kappa shape index (κ1) is 14.8. The lowest BCUT2D eigenvalue weighted by molar-refractivity contribution is -0.121. The third kappa shape index (κ3) is 4.44. The number of alkyl halides is 1. The number of likely N-dealkylation sites (tertiary alicyclic amines) is 1. The Hall–Kier alpha value is -0.650. The molecule has 1 unspecified atom stereocenters. The summed E-state index contributed by atoms with van der Waals surface area (Å²) in [5.41, 5.74) is 6.30. The fourth-order valence-corrected chi connectivity index (χ4v) is 3.47. The fraction of sp³-hybridized carbons (Fsp3) is 0.692. The van der Waals surface area contributed by atoms with Gasteiger partial charge in [0.15, 0.2) is 0 Å². The summed E-state index contributed by atoms with van der Waals surface area (Å²) in [6, 6.07) is 0. The molecule has 1 atom stereocenters. The average Bonchev–Trinajstić information content (AvgIpc) is 3.03. The zero-order valence-electron chi connectivity index (χ0n) is 11.0. The minimum atomic E-state index is -0.154. The van der Waals surface area contributed by atoms with Crippen molar-refractivity contribution >= 4 is 28.8 Å². The number of amides is 1. The van der Waals surface area contributed by atoms with Crippen LogP contribution in [-0.2, 0) is 17.1 Å². The highest BCUT2D eigenvalue weighted by Gasteiger charge is 2.25. The van der Waals surface area contributed by atoms with E-state index in [9.17, 15) is 4.79 Å². The first-order valence-corrected chi connectivity index (χ1v) is 8.11. The van der Waals surface area contributed by atoms with Gasteiger partial charge < -0.3 is 10.6 Å². The van der Waals surface area contributed by atoms with Gasteiger partial charge in [0.2, 0.25) is 5.91 Å². The van der Waals surface area contributed by atoms with Crippen LogP contribution in [0.4, 0.5) is 0 Å². The highest BCUT2D eigenvalue weighted by molar-refractivity contribution is 7.09. The number of carbonyl (C=O) groups is 1. The standard InChI is InChI=1S/C13H20ClN3OS/c14-7-11-9-19-12(16-11)3-1-2-5-17-6-4-10(8-17)13(15)18/h9-10H,1-8H2,(H2,15,18). The molecule has 0 spiro atoms. The van der Waals surface area contributed by atoms with Crippen molar-refractivity contribution in [2.45, 2.75) is 31.6 Å². The Bertz CT molecular complexity index is 424. The molecule has 1 aliphatic rings. The molecule has 1 saturated heterocycles. The van der Waals surface area contributed by atoms with Crippen LogP contribution in [0.25, 0.3) is 0 Å². The number of nitrogens with two attached hydrogens (primary N) is 1. The molecular formula is C13H20ClN3OS. The zero-order chi connectivity index (χ0) is 13.7. The van der Waals surface area contributed by atoms with E-state index >= 15 is 0 Å². The summed E-state index contributed by atoms with van der Waals surface area (Å²) in [5, 5.41) is 3.20. The van der Waals surface area contributed by atoms with Crippen LogP contribution in [0.5, 0.6) is 0 Å². The molecule has 2 heterocycles. The van der Waals surface area contributed by atoms with Crippen LogP contribution in [-0.4, -0.2) is 35.4 Å². The Morgan fingerprint density at radius 1 is 1.58 bits per heavy atom. The van der Waals surface area contributed by atoms with Crippen molar-refractivity contribution < 1.29 is 4.79 Å². The lowest BCUT2D eigenvalue weighted by atomic mass is 10.1. The molecule has 1 aromatic heterocycles. The molecule has 1 aliphatic heterocycles. The molecule has 1 amide bonds. The predicted molar refractivity (Wildman–Crippen MR) is 78.4 cm³/mol. The Balaban J connectivity index is 1.61. The number of primary amides is 1. The van der Waals surface area contributed by atoms with E-state index in [-0.39, 0.29) is 11.8 Å². The second-order valence-electron chi connectivity index (χ2n) is 5.01. The molecule has 19 heavy (non-hydrogen) atoms. The molecular weight excluding hydrogens is 282 g/mol. The van der Waals surface area contributed by atoms with Crippen molar-refractivity contribution in [1.82, 2.24) is 9.88 Å². The van der Waals surface area contributed by atoms with Gasteiger partial charge in [0, 0.05) is 11.9 Å². The molecule has 2 rings (SSSR count). The number of aromatic nitrogens is 1. The number of thiazole rings is 1. The lowest BCUT2D eigenvalue weighted by Crippen LogP contribution is -2.28. The normalized spacial score (nSPS) is 19.9. The maximum absolute atomic E-state index is 11.1. The van der Waals surface area contributed by atoms with Gasteiger partial charge in [-0.2, -0.15) is 0 Å². The maximum atomic E-state index is 11.1. The van der Waals surface area contributed by atoms with Gasteiger partial charge in [0.05, 0.1) is 22.5 Å². The molecule has 0 bridgehead atoms. The summed E-state index contributed by atoms with van der Waals surface area (Å²) in [5.74, 6) is 0.405. The number of unbranched alkanes of at least 4 members (excludes halogenated alkanes) is 1.